The summed E-state index contributed by atoms with van der Waals surface area (Å²) in [4.78, 5) is 2.01. The van der Waals surface area contributed by atoms with Gasteiger partial charge in [-0.15, -0.1) is 0 Å². The molecule has 0 heterocycles. The molecule has 74 valence electrons. The van der Waals surface area contributed by atoms with Crippen molar-refractivity contribution < 1.29 is 0 Å². The fourth-order valence-corrected chi connectivity index (χ4v) is 1.49. The summed E-state index contributed by atoms with van der Waals surface area (Å²) in [5.74, 6) is 0. The highest BCUT2D eigenvalue weighted by atomic mass is 15.1. The van der Waals surface area contributed by atoms with Crippen LogP contribution >= 0.6 is 0 Å². The van der Waals surface area contributed by atoms with Gasteiger partial charge in [0.05, 0.1) is 12.6 Å². The summed E-state index contributed by atoms with van der Waals surface area (Å²) in [7, 11) is 1.96. The molecule has 0 saturated heterocycles. The molecule has 1 aromatic rings. The maximum absolute atomic E-state index is 8.54. The molecule has 0 aromatic heterocycles. The summed E-state index contributed by atoms with van der Waals surface area (Å²) < 4.78 is 0. The molecule has 1 aromatic carbocycles. The third-order valence-electron chi connectivity index (χ3n) is 2.28. The first kappa shape index (κ1) is 10.7. The second-order valence-corrected chi connectivity index (χ2v) is 3.76. The molecule has 2 heteroatoms. The van der Waals surface area contributed by atoms with Gasteiger partial charge in [0.1, 0.15) is 0 Å². The van der Waals surface area contributed by atoms with E-state index in [9.17, 15) is 0 Å². The van der Waals surface area contributed by atoms with Crippen molar-refractivity contribution in [2.24, 2.45) is 0 Å². The van der Waals surface area contributed by atoms with Gasteiger partial charge in [0, 0.05) is 6.54 Å². The van der Waals surface area contributed by atoms with Crippen LogP contribution < -0.4 is 0 Å². The van der Waals surface area contributed by atoms with E-state index in [0.29, 0.717) is 6.54 Å². The number of nitriles is 1. The van der Waals surface area contributed by atoms with Crippen LogP contribution in [0.4, 0.5) is 0 Å². The van der Waals surface area contributed by atoms with Crippen LogP contribution in [0.1, 0.15) is 16.7 Å². The van der Waals surface area contributed by atoms with Crippen LogP contribution in [0.3, 0.4) is 0 Å². The normalized spacial score (nSPS) is 10.2. The van der Waals surface area contributed by atoms with Crippen LogP contribution in [0.25, 0.3) is 0 Å². The summed E-state index contributed by atoms with van der Waals surface area (Å²) in [6.07, 6.45) is 0. The van der Waals surface area contributed by atoms with Crippen LogP contribution in [0, 0.1) is 25.2 Å². The van der Waals surface area contributed by atoms with Crippen LogP contribution in [0.5, 0.6) is 0 Å². The van der Waals surface area contributed by atoms with E-state index in [1.165, 1.54) is 16.7 Å². The topological polar surface area (TPSA) is 27.0 Å². The fourth-order valence-electron chi connectivity index (χ4n) is 1.49. The van der Waals surface area contributed by atoms with Gasteiger partial charge in [-0.05, 0) is 32.0 Å². The predicted molar refractivity (Wildman–Crippen MR) is 57.9 cm³/mol. The Hall–Kier alpha value is -1.33. The van der Waals surface area contributed by atoms with Gasteiger partial charge in [-0.25, -0.2) is 0 Å². The highest BCUT2D eigenvalue weighted by molar-refractivity contribution is 5.30. The Morgan fingerprint density at radius 1 is 1.36 bits per heavy atom. The molecule has 2 nitrogen and oxygen atoms in total. The molecule has 0 aliphatic carbocycles. The molecule has 0 N–H and O–H groups in total. The minimum atomic E-state index is 0.479. The number of hydrogen-bond donors (Lipinski definition) is 0. The number of rotatable bonds is 3. The van der Waals surface area contributed by atoms with E-state index in [-0.39, 0.29) is 0 Å². The van der Waals surface area contributed by atoms with Crippen molar-refractivity contribution in [2.45, 2.75) is 20.4 Å². The van der Waals surface area contributed by atoms with Gasteiger partial charge in [0.15, 0.2) is 0 Å². The lowest BCUT2D eigenvalue weighted by atomic mass is 10.1. The average Bonchev–Trinajstić information content (AvgIpc) is 2.10. The van der Waals surface area contributed by atoms with Crippen molar-refractivity contribution in [1.82, 2.24) is 4.90 Å². The third-order valence-corrected chi connectivity index (χ3v) is 2.28. The van der Waals surface area contributed by atoms with E-state index in [1.54, 1.807) is 0 Å². The lowest BCUT2D eigenvalue weighted by Crippen LogP contribution is -2.18. The van der Waals surface area contributed by atoms with E-state index in [2.05, 4.69) is 38.1 Å². The summed E-state index contributed by atoms with van der Waals surface area (Å²) in [6.45, 7) is 5.53. The van der Waals surface area contributed by atoms with Gasteiger partial charge in [0.25, 0.3) is 0 Å². The molecule has 0 spiro atoms. The van der Waals surface area contributed by atoms with Crippen molar-refractivity contribution in [3.8, 4) is 6.07 Å². The van der Waals surface area contributed by atoms with Crippen molar-refractivity contribution in [3.05, 3.63) is 34.9 Å². The number of hydrogen-bond acceptors (Lipinski definition) is 2. The first-order valence-corrected chi connectivity index (χ1v) is 4.75. The zero-order valence-corrected chi connectivity index (χ0v) is 9.04. The lowest BCUT2D eigenvalue weighted by Gasteiger charge is -2.14. The van der Waals surface area contributed by atoms with E-state index >= 15 is 0 Å². The lowest BCUT2D eigenvalue weighted by molar-refractivity contribution is 0.366. The molecule has 0 bridgehead atoms. The number of aryl methyl sites for hydroxylation is 2. The smallest absolute Gasteiger partial charge is 0.0866 e. The SMILES string of the molecule is Cc1ccc(CN(C)CC#N)c(C)c1. The zero-order chi connectivity index (χ0) is 10.6. The Balaban J connectivity index is 2.73. The Kier molecular flexibility index (Phi) is 3.67. The minimum absolute atomic E-state index is 0.479. The highest BCUT2D eigenvalue weighted by Crippen LogP contribution is 2.11. The van der Waals surface area contributed by atoms with Gasteiger partial charge in [-0.3, -0.25) is 4.90 Å². The summed E-state index contributed by atoms with van der Waals surface area (Å²) >= 11 is 0. The molecular weight excluding hydrogens is 172 g/mol. The van der Waals surface area contributed by atoms with E-state index in [1.807, 2.05) is 11.9 Å². The maximum atomic E-state index is 8.54. The number of nitrogens with zero attached hydrogens (tertiary/aromatic N) is 2. The van der Waals surface area contributed by atoms with Crippen LogP contribution in [0.15, 0.2) is 18.2 Å². The molecule has 1 rings (SSSR count). The molecule has 0 unspecified atom stereocenters. The predicted octanol–water partition coefficient (Wildman–Crippen LogP) is 2.26. The highest BCUT2D eigenvalue weighted by Gasteiger charge is 2.02. The quantitative estimate of drug-likeness (QED) is 0.680. The number of benzene rings is 1. The Bertz CT molecular complexity index is 350. The fraction of sp³-hybridized carbons (Fsp3) is 0.417. The third kappa shape index (κ3) is 2.86. The van der Waals surface area contributed by atoms with Crippen molar-refractivity contribution >= 4 is 0 Å². The molecular formula is C12H16N2. The van der Waals surface area contributed by atoms with Gasteiger partial charge >= 0.3 is 0 Å². The summed E-state index contributed by atoms with van der Waals surface area (Å²) in [5.41, 5.74) is 3.89. The molecule has 0 amide bonds. The van der Waals surface area contributed by atoms with Crippen LogP contribution in [-0.4, -0.2) is 18.5 Å². The van der Waals surface area contributed by atoms with Crippen molar-refractivity contribution in [1.29, 1.82) is 5.26 Å². The van der Waals surface area contributed by atoms with Gasteiger partial charge in [-0.2, -0.15) is 5.26 Å². The average molecular weight is 188 g/mol. The van der Waals surface area contributed by atoms with Crippen LogP contribution in [-0.2, 0) is 6.54 Å². The maximum Gasteiger partial charge on any atom is 0.0866 e. The minimum Gasteiger partial charge on any atom is -0.289 e. The second kappa shape index (κ2) is 4.78. The van der Waals surface area contributed by atoms with Crippen molar-refractivity contribution in [2.75, 3.05) is 13.6 Å². The first-order valence-electron chi connectivity index (χ1n) is 4.75. The molecule has 14 heavy (non-hydrogen) atoms. The molecule has 0 aliphatic heterocycles. The Labute approximate surface area is 85.8 Å². The zero-order valence-electron chi connectivity index (χ0n) is 9.04. The summed E-state index contributed by atoms with van der Waals surface area (Å²) in [6, 6.07) is 8.57. The van der Waals surface area contributed by atoms with Crippen molar-refractivity contribution in [3.63, 3.8) is 0 Å². The molecule has 0 radical (unpaired) electrons. The molecule has 0 fully saturated rings. The Morgan fingerprint density at radius 2 is 2.07 bits per heavy atom. The largest absolute Gasteiger partial charge is 0.289 e. The molecule has 0 atom stereocenters. The Morgan fingerprint density at radius 3 is 2.64 bits per heavy atom. The van der Waals surface area contributed by atoms with Gasteiger partial charge in [0.2, 0.25) is 0 Å². The van der Waals surface area contributed by atoms with Crippen LogP contribution in [0.2, 0.25) is 0 Å². The van der Waals surface area contributed by atoms with E-state index < -0.39 is 0 Å². The first-order chi connectivity index (χ1) is 6.63. The monoisotopic (exact) mass is 188 g/mol. The standard InChI is InChI=1S/C12H16N2/c1-10-4-5-12(11(2)8-10)9-14(3)7-6-13/h4-5,8H,7,9H2,1-3H3. The van der Waals surface area contributed by atoms with E-state index in [0.717, 1.165) is 6.54 Å². The second-order valence-electron chi connectivity index (χ2n) is 3.76. The summed E-state index contributed by atoms with van der Waals surface area (Å²) in [5, 5.41) is 8.54. The van der Waals surface area contributed by atoms with E-state index in [4.69, 9.17) is 5.26 Å². The van der Waals surface area contributed by atoms with Gasteiger partial charge < -0.3 is 0 Å². The molecule has 0 aliphatic rings. The van der Waals surface area contributed by atoms with Gasteiger partial charge in [-0.1, -0.05) is 23.8 Å². The molecule has 0 saturated carbocycles.